The van der Waals surface area contributed by atoms with Crippen molar-refractivity contribution in [2.75, 3.05) is 11.9 Å². The zero-order valence-electron chi connectivity index (χ0n) is 10.5. The minimum absolute atomic E-state index is 0.241. The lowest BCUT2D eigenvalue weighted by Gasteiger charge is -2.09. The second-order valence-corrected chi connectivity index (χ2v) is 4.17. The zero-order chi connectivity index (χ0) is 13.5. The van der Waals surface area contributed by atoms with Gasteiger partial charge in [0, 0.05) is 18.4 Å². The molecule has 4 nitrogen and oxygen atoms in total. The van der Waals surface area contributed by atoms with Crippen molar-refractivity contribution in [2.24, 2.45) is 0 Å². The minimum atomic E-state index is -0.241. The van der Waals surface area contributed by atoms with E-state index in [9.17, 15) is 4.79 Å². The Morgan fingerprint density at radius 2 is 1.95 bits per heavy atom. The van der Waals surface area contributed by atoms with E-state index in [0.717, 1.165) is 16.5 Å². The maximum absolute atomic E-state index is 11.7. The number of urea groups is 1. The summed E-state index contributed by atoms with van der Waals surface area (Å²) in [6.07, 6.45) is 1.12. The largest absolute Gasteiger partial charge is 0.338 e. The smallest absolute Gasteiger partial charge is 0.319 e. The number of amides is 2. The van der Waals surface area contributed by atoms with Crippen molar-refractivity contribution in [1.29, 1.82) is 5.26 Å². The Morgan fingerprint density at radius 3 is 2.79 bits per heavy atom. The summed E-state index contributed by atoms with van der Waals surface area (Å²) in [6, 6.07) is 15.5. The van der Waals surface area contributed by atoms with E-state index in [0.29, 0.717) is 19.4 Å². The number of rotatable bonds is 4. The summed E-state index contributed by atoms with van der Waals surface area (Å²) >= 11 is 0. The molecule has 2 N–H and O–H groups in total. The van der Waals surface area contributed by atoms with E-state index in [-0.39, 0.29) is 6.03 Å². The van der Waals surface area contributed by atoms with Gasteiger partial charge in [0.15, 0.2) is 0 Å². The molecule has 2 aromatic carbocycles. The number of anilines is 1. The molecule has 0 bridgehead atoms. The van der Waals surface area contributed by atoms with Crippen molar-refractivity contribution in [1.82, 2.24) is 5.32 Å². The van der Waals surface area contributed by atoms with Crippen LogP contribution in [0, 0.1) is 11.3 Å². The van der Waals surface area contributed by atoms with Gasteiger partial charge in [-0.3, -0.25) is 0 Å². The molecule has 4 heteroatoms. The maximum atomic E-state index is 11.7. The number of hydrogen-bond acceptors (Lipinski definition) is 2. The molecule has 2 rings (SSSR count). The Kier molecular flexibility index (Phi) is 4.35. The lowest BCUT2D eigenvalue weighted by molar-refractivity contribution is 0.252. The van der Waals surface area contributed by atoms with E-state index in [1.54, 1.807) is 0 Å². The number of carbonyl (C=O) groups is 1. The SMILES string of the molecule is N#CCCCNC(=O)Nc1cccc2ccccc12. The van der Waals surface area contributed by atoms with Crippen molar-refractivity contribution in [2.45, 2.75) is 12.8 Å². The van der Waals surface area contributed by atoms with Gasteiger partial charge < -0.3 is 10.6 Å². The second kappa shape index (κ2) is 6.41. The minimum Gasteiger partial charge on any atom is -0.338 e. The highest BCUT2D eigenvalue weighted by atomic mass is 16.2. The van der Waals surface area contributed by atoms with E-state index < -0.39 is 0 Å². The van der Waals surface area contributed by atoms with Gasteiger partial charge >= 0.3 is 6.03 Å². The Morgan fingerprint density at radius 1 is 1.16 bits per heavy atom. The second-order valence-electron chi connectivity index (χ2n) is 4.17. The van der Waals surface area contributed by atoms with E-state index in [2.05, 4.69) is 10.6 Å². The average Bonchev–Trinajstić information content (AvgIpc) is 2.44. The molecule has 0 aromatic heterocycles. The summed E-state index contributed by atoms with van der Waals surface area (Å²) in [5.41, 5.74) is 0.788. The first kappa shape index (κ1) is 12.9. The normalized spacial score (nSPS) is 9.84. The maximum Gasteiger partial charge on any atom is 0.319 e. The molecule has 0 heterocycles. The Balaban J connectivity index is 2.01. The molecule has 0 radical (unpaired) electrons. The van der Waals surface area contributed by atoms with Crippen LogP contribution in [0.4, 0.5) is 10.5 Å². The van der Waals surface area contributed by atoms with Gasteiger partial charge in [0.25, 0.3) is 0 Å². The van der Waals surface area contributed by atoms with Gasteiger partial charge in [-0.1, -0.05) is 36.4 Å². The molecule has 0 unspecified atom stereocenters. The van der Waals surface area contributed by atoms with Crippen LogP contribution in [0.15, 0.2) is 42.5 Å². The van der Waals surface area contributed by atoms with Gasteiger partial charge in [0.1, 0.15) is 0 Å². The molecule has 2 amide bonds. The third-order valence-electron chi connectivity index (χ3n) is 2.79. The molecule has 0 atom stereocenters. The van der Waals surface area contributed by atoms with Crippen LogP contribution < -0.4 is 10.6 Å². The molecule has 2 aromatic rings. The van der Waals surface area contributed by atoms with Crippen LogP contribution in [-0.4, -0.2) is 12.6 Å². The lowest BCUT2D eigenvalue weighted by atomic mass is 10.1. The molecule has 0 aliphatic heterocycles. The van der Waals surface area contributed by atoms with Crippen molar-refractivity contribution in [3.05, 3.63) is 42.5 Å². The molecular weight excluding hydrogens is 238 g/mol. The molecule has 0 saturated heterocycles. The van der Waals surface area contributed by atoms with E-state index in [1.807, 2.05) is 48.5 Å². The van der Waals surface area contributed by atoms with Gasteiger partial charge in [-0.05, 0) is 17.9 Å². The summed E-state index contributed by atoms with van der Waals surface area (Å²) in [5.74, 6) is 0. The Labute approximate surface area is 112 Å². The highest BCUT2D eigenvalue weighted by molar-refractivity contribution is 6.01. The van der Waals surface area contributed by atoms with Gasteiger partial charge in [-0.25, -0.2) is 4.79 Å². The van der Waals surface area contributed by atoms with Crippen molar-refractivity contribution < 1.29 is 4.79 Å². The zero-order valence-corrected chi connectivity index (χ0v) is 10.5. The summed E-state index contributed by atoms with van der Waals surface area (Å²) in [4.78, 5) is 11.7. The molecule has 19 heavy (non-hydrogen) atoms. The fraction of sp³-hybridized carbons (Fsp3) is 0.200. The van der Waals surface area contributed by atoms with Crippen LogP contribution in [0.3, 0.4) is 0 Å². The first-order chi connectivity index (χ1) is 9.31. The van der Waals surface area contributed by atoms with Gasteiger partial charge in [-0.2, -0.15) is 5.26 Å². The molecule has 0 spiro atoms. The highest BCUT2D eigenvalue weighted by Gasteiger charge is 2.04. The van der Waals surface area contributed by atoms with E-state index in [4.69, 9.17) is 5.26 Å². The van der Waals surface area contributed by atoms with Crippen LogP contribution in [0.25, 0.3) is 10.8 Å². The highest BCUT2D eigenvalue weighted by Crippen LogP contribution is 2.22. The first-order valence-corrected chi connectivity index (χ1v) is 6.21. The van der Waals surface area contributed by atoms with Crippen LogP contribution in [0.1, 0.15) is 12.8 Å². The molecule has 0 saturated carbocycles. The first-order valence-electron chi connectivity index (χ1n) is 6.21. The summed E-state index contributed by atoms with van der Waals surface area (Å²) in [7, 11) is 0. The third-order valence-corrected chi connectivity index (χ3v) is 2.79. The predicted octanol–water partition coefficient (Wildman–Crippen LogP) is 3.27. The number of nitriles is 1. The quantitative estimate of drug-likeness (QED) is 0.821. The molecule has 0 aliphatic rings. The van der Waals surface area contributed by atoms with Gasteiger partial charge in [0.05, 0.1) is 11.8 Å². The molecule has 0 aliphatic carbocycles. The number of hydrogen-bond donors (Lipinski definition) is 2. The number of fused-ring (bicyclic) bond motifs is 1. The van der Waals surface area contributed by atoms with Crippen LogP contribution in [0.5, 0.6) is 0 Å². The van der Waals surface area contributed by atoms with Gasteiger partial charge in [0.2, 0.25) is 0 Å². The fourth-order valence-corrected chi connectivity index (χ4v) is 1.87. The van der Waals surface area contributed by atoms with E-state index >= 15 is 0 Å². The third kappa shape index (κ3) is 3.46. The number of benzene rings is 2. The van der Waals surface area contributed by atoms with Crippen molar-refractivity contribution in [3.8, 4) is 6.07 Å². The standard InChI is InChI=1S/C15H15N3O/c16-10-3-4-11-17-15(19)18-14-9-5-7-12-6-1-2-8-13(12)14/h1-2,5-9H,3-4,11H2,(H2,17,18,19). The molecule has 96 valence electrons. The summed E-state index contributed by atoms with van der Waals surface area (Å²) in [5, 5.41) is 16.1. The summed E-state index contributed by atoms with van der Waals surface area (Å²) in [6.45, 7) is 0.504. The topological polar surface area (TPSA) is 64.9 Å². The fourth-order valence-electron chi connectivity index (χ4n) is 1.87. The van der Waals surface area contributed by atoms with Crippen LogP contribution in [-0.2, 0) is 0 Å². The number of unbranched alkanes of at least 4 members (excludes halogenated alkanes) is 1. The van der Waals surface area contributed by atoms with Gasteiger partial charge in [-0.15, -0.1) is 0 Å². The number of nitrogens with one attached hydrogen (secondary N) is 2. The van der Waals surface area contributed by atoms with Crippen LogP contribution >= 0.6 is 0 Å². The Bertz CT molecular complexity index is 611. The van der Waals surface area contributed by atoms with Crippen molar-refractivity contribution >= 4 is 22.5 Å². The average molecular weight is 253 g/mol. The molecule has 0 fully saturated rings. The van der Waals surface area contributed by atoms with E-state index in [1.165, 1.54) is 0 Å². The summed E-state index contributed by atoms with van der Waals surface area (Å²) < 4.78 is 0. The van der Waals surface area contributed by atoms with Crippen LogP contribution in [0.2, 0.25) is 0 Å². The van der Waals surface area contributed by atoms with Crippen molar-refractivity contribution in [3.63, 3.8) is 0 Å². The lowest BCUT2D eigenvalue weighted by Crippen LogP contribution is -2.29. The predicted molar refractivity (Wildman–Crippen MR) is 75.8 cm³/mol. The molecular formula is C15H15N3O. The number of carbonyl (C=O) groups excluding carboxylic acids is 1. The monoisotopic (exact) mass is 253 g/mol. The number of nitrogens with zero attached hydrogens (tertiary/aromatic N) is 1. The Hall–Kier alpha value is -2.54.